The molecule has 54 valence electrons. The van der Waals surface area contributed by atoms with Crippen LogP contribution in [0.15, 0.2) is 23.1 Å². The van der Waals surface area contributed by atoms with Crippen LogP contribution in [0.3, 0.4) is 0 Å². The molecular formula is C7H10N2S. The molecule has 2 nitrogen and oxygen atoms in total. The Balaban J connectivity index is 3.04. The van der Waals surface area contributed by atoms with Crippen molar-refractivity contribution in [3.63, 3.8) is 0 Å². The van der Waals surface area contributed by atoms with Crippen LogP contribution in [-0.4, -0.2) is 7.05 Å². The topological polar surface area (TPSA) is 38.0 Å². The molecule has 0 spiro atoms. The van der Waals surface area contributed by atoms with Gasteiger partial charge in [-0.15, -0.1) is 12.6 Å². The number of hydrogen-bond acceptors (Lipinski definition) is 3. The molecule has 0 unspecified atom stereocenters. The highest BCUT2D eigenvalue weighted by Crippen LogP contribution is 2.20. The number of nitrogens with one attached hydrogen (secondary N) is 1. The van der Waals surface area contributed by atoms with E-state index in [0.29, 0.717) is 5.69 Å². The van der Waals surface area contributed by atoms with Gasteiger partial charge in [-0.05, 0) is 18.2 Å². The largest absolute Gasteiger partial charge is 0.398 e. The van der Waals surface area contributed by atoms with Gasteiger partial charge in [0.25, 0.3) is 0 Å². The van der Waals surface area contributed by atoms with Gasteiger partial charge in [0.1, 0.15) is 0 Å². The highest BCUT2D eigenvalue weighted by molar-refractivity contribution is 7.80. The van der Waals surface area contributed by atoms with Crippen LogP contribution in [0.4, 0.5) is 11.4 Å². The predicted molar refractivity (Wildman–Crippen MR) is 47.7 cm³/mol. The number of anilines is 2. The zero-order chi connectivity index (χ0) is 7.56. The van der Waals surface area contributed by atoms with Gasteiger partial charge in [0.15, 0.2) is 0 Å². The molecule has 3 heteroatoms. The minimum atomic E-state index is 0.710. The van der Waals surface area contributed by atoms with Crippen molar-refractivity contribution < 1.29 is 0 Å². The number of benzene rings is 1. The van der Waals surface area contributed by atoms with E-state index >= 15 is 0 Å². The Kier molecular flexibility index (Phi) is 2.06. The Bertz CT molecular complexity index is 235. The van der Waals surface area contributed by atoms with Gasteiger partial charge in [-0.25, -0.2) is 0 Å². The summed E-state index contributed by atoms with van der Waals surface area (Å²) in [5.74, 6) is 0. The Labute approximate surface area is 65.8 Å². The number of nitrogen functional groups attached to an aromatic ring is 1. The highest BCUT2D eigenvalue weighted by Gasteiger charge is 1.93. The molecular weight excluding hydrogens is 144 g/mol. The van der Waals surface area contributed by atoms with Gasteiger partial charge in [0.05, 0.1) is 0 Å². The lowest BCUT2D eigenvalue weighted by atomic mass is 10.3. The molecule has 1 aromatic carbocycles. The van der Waals surface area contributed by atoms with Crippen molar-refractivity contribution in [2.45, 2.75) is 4.90 Å². The maximum atomic E-state index is 5.54. The van der Waals surface area contributed by atoms with E-state index in [0.717, 1.165) is 10.6 Å². The molecule has 0 aliphatic rings. The lowest BCUT2D eigenvalue weighted by molar-refractivity contribution is 1.42. The van der Waals surface area contributed by atoms with Crippen molar-refractivity contribution >= 4 is 24.0 Å². The second-order valence-electron chi connectivity index (χ2n) is 2.02. The molecule has 3 N–H and O–H groups in total. The zero-order valence-electron chi connectivity index (χ0n) is 5.76. The van der Waals surface area contributed by atoms with Gasteiger partial charge < -0.3 is 11.1 Å². The minimum Gasteiger partial charge on any atom is -0.398 e. The van der Waals surface area contributed by atoms with E-state index in [1.165, 1.54) is 0 Å². The first-order valence-corrected chi connectivity index (χ1v) is 3.45. The number of nitrogens with two attached hydrogens (primary N) is 1. The van der Waals surface area contributed by atoms with Crippen molar-refractivity contribution in [1.29, 1.82) is 0 Å². The van der Waals surface area contributed by atoms with Crippen LogP contribution in [0.5, 0.6) is 0 Å². The minimum absolute atomic E-state index is 0.710. The molecule has 0 amide bonds. The summed E-state index contributed by atoms with van der Waals surface area (Å²) in [5.41, 5.74) is 7.28. The first-order chi connectivity index (χ1) is 4.74. The summed E-state index contributed by atoms with van der Waals surface area (Å²) >= 11 is 4.16. The molecule has 0 aliphatic heterocycles. The molecule has 1 aromatic rings. The summed E-state index contributed by atoms with van der Waals surface area (Å²) in [6.45, 7) is 0. The van der Waals surface area contributed by atoms with Crippen LogP contribution in [0.25, 0.3) is 0 Å². The van der Waals surface area contributed by atoms with E-state index in [1.807, 2.05) is 25.2 Å². The molecule has 0 aromatic heterocycles. The van der Waals surface area contributed by atoms with E-state index in [4.69, 9.17) is 5.73 Å². The molecule has 0 atom stereocenters. The predicted octanol–water partition coefficient (Wildman–Crippen LogP) is 1.60. The van der Waals surface area contributed by atoms with E-state index in [-0.39, 0.29) is 0 Å². The molecule has 0 saturated carbocycles. The van der Waals surface area contributed by atoms with Crippen LogP contribution < -0.4 is 11.1 Å². The van der Waals surface area contributed by atoms with E-state index in [1.54, 1.807) is 0 Å². The Hall–Kier alpha value is -0.830. The monoisotopic (exact) mass is 154 g/mol. The summed E-state index contributed by atoms with van der Waals surface area (Å²) in [5, 5.41) is 2.99. The first kappa shape index (κ1) is 7.28. The third-order valence-corrected chi connectivity index (χ3v) is 1.71. The van der Waals surface area contributed by atoms with Crippen molar-refractivity contribution in [2.24, 2.45) is 0 Å². The van der Waals surface area contributed by atoms with Gasteiger partial charge in [-0.2, -0.15) is 0 Å². The highest BCUT2D eigenvalue weighted by atomic mass is 32.1. The van der Waals surface area contributed by atoms with Gasteiger partial charge in [0, 0.05) is 23.3 Å². The Morgan fingerprint density at radius 3 is 2.70 bits per heavy atom. The van der Waals surface area contributed by atoms with Crippen molar-refractivity contribution in [3.8, 4) is 0 Å². The van der Waals surface area contributed by atoms with Crippen molar-refractivity contribution in [1.82, 2.24) is 0 Å². The SMILES string of the molecule is CNc1ccc(N)c(S)c1. The van der Waals surface area contributed by atoms with E-state index < -0.39 is 0 Å². The molecule has 1 rings (SSSR count). The van der Waals surface area contributed by atoms with Crippen LogP contribution in [-0.2, 0) is 0 Å². The van der Waals surface area contributed by atoms with Gasteiger partial charge >= 0.3 is 0 Å². The first-order valence-electron chi connectivity index (χ1n) is 3.00. The third kappa shape index (κ3) is 1.36. The lowest BCUT2D eigenvalue weighted by Crippen LogP contribution is -1.90. The maximum Gasteiger partial charge on any atom is 0.0451 e. The number of thiol groups is 1. The van der Waals surface area contributed by atoms with Crippen molar-refractivity contribution in [3.05, 3.63) is 18.2 Å². The van der Waals surface area contributed by atoms with E-state index in [9.17, 15) is 0 Å². The average Bonchev–Trinajstić information content (AvgIpc) is 1.95. The summed E-state index contributed by atoms with van der Waals surface area (Å²) in [6.07, 6.45) is 0. The van der Waals surface area contributed by atoms with E-state index in [2.05, 4.69) is 17.9 Å². The summed E-state index contributed by atoms with van der Waals surface area (Å²) in [6, 6.07) is 5.63. The van der Waals surface area contributed by atoms with Crippen molar-refractivity contribution in [2.75, 3.05) is 18.1 Å². The standard InChI is InChI=1S/C7H10N2S/c1-9-5-2-3-6(8)7(10)4-5/h2-4,9-10H,8H2,1H3. The summed E-state index contributed by atoms with van der Waals surface area (Å²) in [7, 11) is 1.86. The maximum absolute atomic E-state index is 5.54. The molecule has 0 bridgehead atoms. The lowest BCUT2D eigenvalue weighted by Gasteiger charge is -2.02. The molecule has 0 saturated heterocycles. The fraction of sp³-hybridized carbons (Fsp3) is 0.143. The number of hydrogen-bond donors (Lipinski definition) is 3. The van der Waals surface area contributed by atoms with Crippen LogP contribution in [0, 0.1) is 0 Å². The zero-order valence-corrected chi connectivity index (χ0v) is 6.65. The van der Waals surface area contributed by atoms with Crippen LogP contribution in [0.2, 0.25) is 0 Å². The normalized spacial score (nSPS) is 9.40. The quantitative estimate of drug-likeness (QED) is 0.424. The fourth-order valence-electron chi connectivity index (χ4n) is 0.699. The Morgan fingerprint density at radius 2 is 2.20 bits per heavy atom. The van der Waals surface area contributed by atoms with Crippen LogP contribution in [0.1, 0.15) is 0 Å². The smallest absolute Gasteiger partial charge is 0.0451 e. The van der Waals surface area contributed by atoms with Gasteiger partial charge in [0.2, 0.25) is 0 Å². The summed E-state index contributed by atoms with van der Waals surface area (Å²) < 4.78 is 0. The van der Waals surface area contributed by atoms with Crippen LogP contribution >= 0.6 is 12.6 Å². The third-order valence-electron chi connectivity index (χ3n) is 1.32. The Morgan fingerprint density at radius 1 is 1.50 bits per heavy atom. The van der Waals surface area contributed by atoms with Gasteiger partial charge in [-0.3, -0.25) is 0 Å². The average molecular weight is 154 g/mol. The fourth-order valence-corrected chi connectivity index (χ4v) is 0.913. The number of rotatable bonds is 1. The second-order valence-corrected chi connectivity index (χ2v) is 2.51. The molecule has 0 radical (unpaired) electrons. The molecule has 0 heterocycles. The molecule has 10 heavy (non-hydrogen) atoms. The second kappa shape index (κ2) is 2.84. The van der Waals surface area contributed by atoms with Gasteiger partial charge in [-0.1, -0.05) is 0 Å². The molecule has 0 fully saturated rings. The molecule has 0 aliphatic carbocycles. The summed E-state index contributed by atoms with van der Waals surface area (Å²) in [4.78, 5) is 0.812.